The molecule has 0 unspecified atom stereocenters. The number of ether oxygens (including phenoxy) is 1. The van der Waals surface area contributed by atoms with Gasteiger partial charge in [0.1, 0.15) is 5.60 Å². The van der Waals surface area contributed by atoms with Gasteiger partial charge in [-0.25, -0.2) is 9.78 Å². The van der Waals surface area contributed by atoms with E-state index in [1.54, 1.807) is 13.0 Å². The highest BCUT2D eigenvalue weighted by Gasteiger charge is 2.15. The van der Waals surface area contributed by atoms with Crippen molar-refractivity contribution in [3.05, 3.63) is 35.4 Å². The Balaban J connectivity index is 2.34. The minimum atomic E-state index is -0.489. The van der Waals surface area contributed by atoms with Crippen molar-refractivity contribution < 1.29 is 13.9 Å². The number of rotatable bonds is 4. The topological polar surface area (TPSA) is 51.2 Å². The Bertz CT molecular complexity index is 493. The molecule has 0 atom stereocenters. The van der Waals surface area contributed by atoms with Crippen molar-refractivity contribution in [2.75, 3.05) is 6.54 Å². The summed E-state index contributed by atoms with van der Waals surface area (Å²) in [5.74, 6) is -0.480. The molecule has 0 bridgehead atoms. The summed E-state index contributed by atoms with van der Waals surface area (Å²) in [6.07, 6.45) is 4.00. The van der Waals surface area contributed by atoms with Crippen molar-refractivity contribution in [1.82, 2.24) is 10.3 Å². The maximum atomic E-state index is 12.8. The van der Waals surface area contributed by atoms with E-state index in [2.05, 4.69) is 10.3 Å². The van der Waals surface area contributed by atoms with Crippen LogP contribution in [0.4, 0.5) is 9.18 Å². The summed E-state index contributed by atoms with van der Waals surface area (Å²) in [5.41, 5.74) is 1.02. The number of pyridine rings is 1. The predicted octanol–water partition coefficient (Wildman–Crippen LogP) is 3.46. The van der Waals surface area contributed by atoms with Crippen LogP contribution in [0.25, 0.3) is 6.08 Å². The molecule has 1 aromatic heterocycles. The lowest BCUT2D eigenvalue weighted by atomic mass is 10.2. The van der Waals surface area contributed by atoms with E-state index in [-0.39, 0.29) is 0 Å². The van der Waals surface area contributed by atoms with Gasteiger partial charge in [-0.05, 0) is 51.8 Å². The van der Waals surface area contributed by atoms with Crippen LogP contribution in [0.3, 0.4) is 0 Å². The summed E-state index contributed by atoms with van der Waals surface area (Å²) < 4.78 is 17.9. The minimum Gasteiger partial charge on any atom is -0.444 e. The number of alkyl carbamates (subject to hydrolysis) is 1. The van der Waals surface area contributed by atoms with Gasteiger partial charge in [0.25, 0.3) is 0 Å². The number of nitrogens with zero attached hydrogens (tertiary/aromatic N) is 1. The number of aromatic nitrogens is 1. The molecule has 0 radical (unpaired) electrons. The van der Waals surface area contributed by atoms with E-state index < -0.39 is 17.6 Å². The zero-order valence-corrected chi connectivity index (χ0v) is 12.4. The fourth-order valence-corrected chi connectivity index (χ4v) is 1.50. The molecule has 0 aliphatic heterocycles. The summed E-state index contributed by atoms with van der Waals surface area (Å²) in [7, 11) is 0. The van der Waals surface area contributed by atoms with E-state index in [1.807, 2.05) is 32.9 Å². The summed E-state index contributed by atoms with van der Waals surface area (Å²) in [5, 5.41) is 2.66. The van der Waals surface area contributed by atoms with Crippen molar-refractivity contribution >= 4 is 12.2 Å². The van der Waals surface area contributed by atoms with Gasteiger partial charge in [0.05, 0.1) is 0 Å². The predicted molar refractivity (Wildman–Crippen MR) is 76.8 cm³/mol. The van der Waals surface area contributed by atoms with E-state index in [1.165, 1.54) is 6.07 Å². The number of halogens is 1. The van der Waals surface area contributed by atoms with Crippen molar-refractivity contribution in [3.63, 3.8) is 0 Å². The molecule has 0 aliphatic carbocycles. The highest BCUT2D eigenvalue weighted by atomic mass is 19.1. The van der Waals surface area contributed by atoms with Gasteiger partial charge in [0.15, 0.2) is 0 Å². The molecule has 1 aromatic rings. The number of amides is 1. The maximum Gasteiger partial charge on any atom is 0.407 e. The van der Waals surface area contributed by atoms with Crippen molar-refractivity contribution in [2.45, 2.75) is 39.7 Å². The molecule has 1 N–H and O–H groups in total. The van der Waals surface area contributed by atoms with Crippen LogP contribution in [0.15, 0.2) is 18.2 Å². The highest BCUT2D eigenvalue weighted by Crippen LogP contribution is 2.09. The molecule has 0 saturated carbocycles. The normalized spacial score (nSPS) is 11.7. The minimum absolute atomic E-state index is 0.425. The van der Waals surface area contributed by atoms with Crippen LogP contribution in [0.5, 0.6) is 0 Å². The average Bonchev–Trinajstić information content (AvgIpc) is 2.28. The van der Waals surface area contributed by atoms with Crippen molar-refractivity contribution in [3.8, 4) is 0 Å². The van der Waals surface area contributed by atoms with Gasteiger partial charge in [-0.3, -0.25) is 0 Å². The number of hydrogen-bond donors (Lipinski definition) is 1. The number of aryl methyl sites for hydroxylation is 1. The first-order chi connectivity index (χ1) is 9.28. The standard InChI is InChI=1S/C15H21FN2O2/c1-11-12(8-9-13(16)18-11)7-5-6-10-17-14(19)20-15(2,3)4/h5,7-9H,6,10H2,1-4H3,(H,17,19). The van der Waals surface area contributed by atoms with Crippen LogP contribution < -0.4 is 5.32 Å². The molecule has 5 heteroatoms. The molecule has 1 amide bonds. The lowest BCUT2D eigenvalue weighted by molar-refractivity contribution is 0.0529. The fourth-order valence-electron chi connectivity index (χ4n) is 1.50. The smallest absolute Gasteiger partial charge is 0.407 e. The van der Waals surface area contributed by atoms with E-state index in [0.29, 0.717) is 18.7 Å². The molecule has 1 rings (SSSR count). The first-order valence-corrected chi connectivity index (χ1v) is 6.54. The van der Waals surface area contributed by atoms with Crippen LogP contribution in [0.1, 0.15) is 38.4 Å². The van der Waals surface area contributed by atoms with E-state index >= 15 is 0 Å². The van der Waals surface area contributed by atoms with Gasteiger partial charge in [0, 0.05) is 12.2 Å². The van der Waals surface area contributed by atoms with Gasteiger partial charge in [-0.1, -0.05) is 12.2 Å². The van der Waals surface area contributed by atoms with Gasteiger partial charge in [-0.15, -0.1) is 0 Å². The van der Waals surface area contributed by atoms with Crippen LogP contribution in [-0.4, -0.2) is 23.2 Å². The zero-order valence-electron chi connectivity index (χ0n) is 12.4. The Morgan fingerprint density at radius 3 is 2.75 bits per heavy atom. The summed E-state index contributed by atoms with van der Waals surface area (Å²) in [4.78, 5) is 15.1. The third kappa shape index (κ3) is 6.31. The van der Waals surface area contributed by atoms with Gasteiger partial charge < -0.3 is 10.1 Å². The Hall–Kier alpha value is -1.91. The first kappa shape index (κ1) is 16.1. The second-order valence-electron chi connectivity index (χ2n) is 5.43. The Kier molecular flexibility index (Phi) is 5.67. The maximum absolute atomic E-state index is 12.8. The fraction of sp³-hybridized carbons (Fsp3) is 0.467. The molecule has 0 spiro atoms. The summed E-state index contributed by atoms with van der Waals surface area (Å²) in [6, 6.07) is 3.00. The Morgan fingerprint density at radius 1 is 1.45 bits per heavy atom. The Labute approximate surface area is 119 Å². The summed E-state index contributed by atoms with van der Waals surface area (Å²) >= 11 is 0. The number of carbonyl (C=O) groups excluding carboxylic acids is 1. The molecule has 4 nitrogen and oxygen atoms in total. The van der Waals surface area contributed by atoms with E-state index in [4.69, 9.17) is 4.74 Å². The number of carbonyl (C=O) groups is 1. The van der Waals surface area contributed by atoms with E-state index in [9.17, 15) is 9.18 Å². The zero-order chi connectivity index (χ0) is 15.2. The number of hydrogen-bond acceptors (Lipinski definition) is 3. The van der Waals surface area contributed by atoms with Crippen LogP contribution in [0, 0.1) is 12.9 Å². The molecule has 1 heterocycles. The summed E-state index contributed by atoms with van der Waals surface area (Å²) in [6.45, 7) is 7.69. The third-order valence-electron chi connectivity index (χ3n) is 2.37. The lowest BCUT2D eigenvalue weighted by Gasteiger charge is -2.19. The molecule has 0 fully saturated rings. The number of nitrogens with one attached hydrogen (secondary N) is 1. The quantitative estimate of drug-likeness (QED) is 0.679. The van der Waals surface area contributed by atoms with Gasteiger partial charge in [0.2, 0.25) is 5.95 Å². The first-order valence-electron chi connectivity index (χ1n) is 6.54. The van der Waals surface area contributed by atoms with Gasteiger partial charge >= 0.3 is 6.09 Å². The van der Waals surface area contributed by atoms with Crippen LogP contribution in [-0.2, 0) is 4.74 Å². The molecule has 0 aromatic carbocycles. The molecule has 0 aliphatic rings. The largest absolute Gasteiger partial charge is 0.444 e. The van der Waals surface area contributed by atoms with Crippen molar-refractivity contribution in [1.29, 1.82) is 0 Å². The Morgan fingerprint density at radius 2 is 2.15 bits per heavy atom. The average molecular weight is 280 g/mol. The van der Waals surface area contributed by atoms with Gasteiger partial charge in [-0.2, -0.15) is 4.39 Å². The van der Waals surface area contributed by atoms with Crippen LogP contribution in [0.2, 0.25) is 0 Å². The monoisotopic (exact) mass is 280 g/mol. The molecule has 110 valence electrons. The molecular weight excluding hydrogens is 259 g/mol. The molecular formula is C15H21FN2O2. The SMILES string of the molecule is Cc1nc(F)ccc1C=CCCNC(=O)OC(C)(C)C. The molecule has 0 saturated heterocycles. The van der Waals surface area contributed by atoms with Crippen LogP contribution >= 0.6 is 0 Å². The molecule has 20 heavy (non-hydrogen) atoms. The second kappa shape index (κ2) is 7.03. The second-order valence-corrected chi connectivity index (χ2v) is 5.43. The lowest BCUT2D eigenvalue weighted by Crippen LogP contribution is -2.32. The highest BCUT2D eigenvalue weighted by molar-refractivity contribution is 5.67. The third-order valence-corrected chi connectivity index (χ3v) is 2.37. The van der Waals surface area contributed by atoms with Crippen molar-refractivity contribution in [2.24, 2.45) is 0 Å². The van der Waals surface area contributed by atoms with E-state index in [0.717, 1.165) is 5.56 Å².